The number of rotatable bonds is 6. The van der Waals surface area contributed by atoms with Crippen LogP contribution in [0.3, 0.4) is 0 Å². The highest BCUT2D eigenvalue weighted by Crippen LogP contribution is 2.10. The predicted octanol–water partition coefficient (Wildman–Crippen LogP) is -2.81. The van der Waals surface area contributed by atoms with Gasteiger partial charge in [-0.05, 0) is 6.42 Å². The van der Waals surface area contributed by atoms with Gasteiger partial charge in [0.25, 0.3) is 0 Å². The van der Waals surface area contributed by atoms with E-state index in [1.807, 2.05) is 0 Å². The summed E-state index contributed by atoms with van der Waals surface area (Å²) >= 11 is 0. The number of aliphatic hydroxyl groups is 6. The molecule has 0 bridgehead atoms. The lowest BCUT2D eigenvalue weighted by Gasteiger charge is -2.27. The second kappa shape index (κ2) is 6.28. The lowest BCUT2D eigenvalue weighted by atomic mass is 9.98. The third-order valence-corrected chi connectivity index (χ3v) is 2.09. The third kappa shape index (κ3) is 3.49. The standard InChI is InChI=1S/C8H18O6/c1-2-4(10)6(12)8(14)7(13)5(11)3-9/h4-14H,2-3H2,1H3. The van der Waals surface area contributed by atoms with Crippen molar-refractivity contribution in [3.63, 3.8) is 0 Å². The first-order chi connectivity index (χ1) is 6.45. The van der Waals surface area contributed by atoms with Crippen LogP contribution in [0.15, 0.2) is 0 Å². The van der Waals surface area contributed by atoms with Crippen molar-refractivity contribution in [2.75, 3.05) is 6.61 Å². The van der Waals surface area contributed by atoms with Gasteiger partial charge in [0, 0.05) is 0 Å². The van der Waals surface area contributed by atoms with E-state index in [4.69, 9.17) is 20.4 Å². The van der Waals surface area contributed by atoms with Gasteiger partial charge in [-0.3, -0.25) is 0 Å². The summed E-state index contributed by atoms with van der Waals surface area (Å²) in [5.41, 5.74) is 0. The third-order valence-electron chi connectivity index (χ3n) is 2.09. The highest BCUT2D eigenvalue weighted by Gasteiger charge is 2.33. The Hall–Kier alpha value is -0.240. The Kier molecular flexibility index (Phi) is 6.17. The Labute approximate surface area is 82.1 Å². The number of hydrogen-bond donors (Lipinski definition) is 6. The van der Waals surface area contributed by atoms with Crippen LogP contribution < -0.4 is 0 Å². The van der Waals surface area contributed by atoms with Crippen LogP contribution in [0.4, 0.5) is 0 Å². The van der Waals surface area contributed by atoms with E-state index in [0.29, 0.717) is 0 Å². The number of hydrogen-bond acceptors (Lipinski definition) is 6. The Morgan fingerprint density at radius 3 is 1.57 bits per heavy atom. The fraction of sp³-hybridized carbons (Fsp3) is 1.00. The molecule has 0 fully saturated rings. The molecule has 5 atom stereocenters. The van der Waals surface area contributed by atoms with Gasteiger partial charge in [-0.1, -0.05) is 6.92 Å². The summed E-state index contributed by atoms with van der Waals surface area (Å²) in [5.74, 6) is 0. The molecule has 0 spiro atoms. The Bertz CT molecular complexity index is 137. The SMILES string of the molecule is CCC(O)C(O)C(O)C(O)C(O)CO. The van der Waals surface area contributed by atoms with Crippen LogP contribution in [0.1, 0.15) is 13.3 Å². The molecule has 0 aliphatic heterocycles. The Morgan fingerprint density at radius 2 is 1.21 bits per heavy atom. The second-order valence-electron chi connectivity index (χ2n) is 3.20. The van der Waals surface area contributed by atoms with Crippen molar-refractivity contribution in [2.45, 2.75) is 43.9 Å². The van der Waals surface area contributed by atoms with Crippen LogP contribution in [0.25, 0.3) is 0 Å². The van der Waals surface area contributed by atoms with E-state index in [9.17, 15) is 10.2 Å². The molecule has 0 radical (unpaired) electrons. The van der Waals surface area contributed by atoms with Gasteiger partial charge in [0.15, 0.2) is 0 Å². The van der Waals surface area contributed by atoms with Crippen molar-refractivity contribution >= 4 is 0 Å². The summed E-state index contributed by atoms with van der Waals surface area (Å²) < 4.78 is 0. The molecular formula is C8H18O6. The predicted molar refractivity (Wildman–Crippen MR) is 47.4 cm³/mol. The molecule has 0 saturated carbocycles. The fourth-order valence-corrected chi connectivity index (χ4v) is 1.01. The van der Waals surface area contributed by atoms with Gasteiger partial charge in [-0.2, -0.15) is 0 Å². The lowest BCUT2D eigenvalue weighted by molar-refractivity contribution is -0.140. The molecule has 6 heteroatoms. The van der Waals surface area contributed by atoms with Crippen LogP contribution in [-0.2, 0) is 0 Å². The molecule has 0 aromatic heterocycles. The molecule has 86 valence electrons. The summed E-state index contributed by atoms with van der Waals surface area (Å²) in [6.45, 7) is 0.864. The molecule has 0 heterocycles. The van der Waals surface area contributed by atoms with E-state index in [-0.39, 0.29) is 6.42 Å². The molecule has 0 aliphatic carbocycles. The summed E-state index contributed by atoms with van der Waals surface area (Å²) in [6, 6.07) is 0. The first-order valence-electron chi connectivity index (χ1n) is 4.46. The average molecular weight is 210 g/mol. The van der Waals surface area contributed by atoms with Crippen molar-refractivity contribution < 1.29 is 30.6 Å². The Balaban J connectivity index is 4.22. The van der Waals surface area contributed by atoms with Crippen molar-refractivity contribution in [1.29, 1.82) is 0 Å². The summed E-state index contributed by atoms with van der Waals surface area (Å²) in [7, 11) is 0. The molecule has 0 aliphatic rings. The molecule has 0 amide bonds. The molecule has 6 nitrogen and oxygen atoms in total. The maximum absolute atomic E-state index is 9.26. The van der Waals surface area contributed by atoms with Gasteiger partial charge < -0.3 is 30.6 Å². The highest BCUT2D eigenvalue weighted by molar-refractivity contribution is 4.83. The van der Waals surface area contributed by atoms with Gasteiger partial charge >= 0.3 is 0 Å². The summed E-state index contributed by atoms with van der Waals surface area (Å²) in [5, 5.41) is 54.2. The smallest absolute Gasteiger partial charge is 0.111 e. The van der Waals surface area contributed by atoms with E-state index in [0.717, 1.165) is 0 Å². The fourth-order valence-electron chi connectivity index (χ4n) is 1.01. The molecule has 0 aromatic rings. The van der Waals surface area contributed by atoms with Crippen LogP contribution in [0, 0.1) is 0 Å². The minimum atomic E-state index is -1.69. The van der Waals surface area contributed by atoms with E-state index in [1.54, 1.807) is 6.92 Å². The van der Waals surface area contributed by atoms with Crippen molar-refractivity contribution in [2.24, 2.45) is 0 Å². The number of aliphatic hydroxyl groups excluding tert-OH is 6. The largest absolute Gasteiger partial charge is 0.394 e. The van der Waals surface area contributed by atoms with Gasteiger partial charge in [0.1, 0.15) is 24.4 Å². The van der Waals surface area contributed by atoms with E-state index >= 15 is 0 Å². The molecule has 6 N–H and O–H groups in total. The molecule has 0 rings (SSSR count). The van der Waals surface area contributed by atoms with Crippen molar-refractivity contribution in [1.82, 2.24) is 0 Å². The molecule has 5 unspecified atom stereocenters. The van der Waals surface area contributed by atoms with Gasteiger partial charge in [-0.25, -0.2) is 0 Å². The van der Waals surface area contributed by atoms with Crippen LogP contribution in [-0.4, -0.2) is 67.8 Å². The van der Waals surface area contributed by atoms with Crippen molar-refractivity contribution in [3.8, 4) is 0 Å². The van der Waals surface area contributed by atoms with E-state index < -0.39 is 37.1 Å². The zero-order valence-corrected chi connectivity index (χ0v) is 7.98. The van der Waals surface area contributed by atoms with Gasteiger partial charge in [-0.15, -0.1) is 0 Å². The zero-order chi connectivity index (χ0) is 11.3. The highest BCUT2D eigenvalue weighted by atomic mass is 16.4. The first-order valence-corrected chi connectivity index (χ1v) is 4.46. The minimum Gasteiger partial charge on any atom is -0.394 e. The molecular weight excluding hydrogens is 192 g/mol. The quantitative estimate of drug-likeness (QED) is 0.281. The lowest BCUT2D eigenvalue weighted by Crippen LogP contribution is -2.49. The maximum Gasteiger partial charge on any atom is 0.111 e. The molecule has 0 aromatic carbocycles. The molecule has 14 heavy (non-hydrogen) atoms. The monoisotopic (exact) mass is 210 g/mol. The minimum absolute atomic E-state index is 0.208. The maximum atomic E-state index is 9.26. The van der Waals surface area contributed by atoms with E-state index in [2.05, 4.69) is 0 Å². The van der Waals surface area contributed by atoms with Crippen LogP contribution >= 0.6 is 0 Å². The Morgan fingerprint density at radius 1 is 0.786 bits per heavy atom. The van der Waals surface area contributed by atoms with Crippen LogP contribution in [0.2, 0.25) is 0 Å². The van der Waals surface area contributed by atoms with Gasteiger partial charge in [0.2, 0.25) is 0 Å². The normalized spacial score (nSPS) is 22.5. The summed E-state index contributed by atoms with van der Waals surface area (Å²) in [4.78, 5) is 0. The summed E-state index contributed by atoms with van der Waals surface area (Å²) in [6.07, 6.45) is -7.42. The average Bonchev–Trinajstić information content (AvgIpc) is 2.23. The zero-order valence-electron chi connectivity index (χ0n) is 7.98. The van der Waals surface area contributed by atoms with E-state index in [1.165, 1.54) is 0 Å². The molecule has 0 saturated heterocycles. The van der Waals surface area contributed by atoms with Crippen LogP contribution in [0.5, 0.6) is 0 Å². The van der Waals surface area contributed by atoms with Crippen molar-refractivity contribution in [3.05, 3.63) is 0 Å². The van der Waals surface area contributed by atoms with Gasteiger partial charge in [0.05, 0.1) is 12.7 Å². The topological polar surface area (TPSA) is 121 Å². The first kappa shape index (κ1) is 13.8. The second-order valence-corrected chi connectivity index (χ2v) is 3.20.